The van der Waals surface area contributed by atoms with Gasteiger partial charge in [-0.3, -0.25) is 19.1 Å². The standard InChI is InChI=1S/C22H28N4O3S2/c1-7-25-19(24-10-13(4)29-14(5)11-24)16(15(6)17(9-23)20(25)27)8-18-21(28)26(12(2)3)22(30)31-18/h8,12-14H,7,10-11H2,1-6H3. The van der Waals surface area contributed by atoms with Gasteiger partial charge in [-0.1, -0.05) is 24.0 Å². The Hall–Kier alpha value is -2.15. The van der Waals surface area contributed by atoms with Crippen molar-refractivity contribution in [3.63, 3.8) is 0 Å². The van der Waals surface area contributed by atoms with Gasteiger partial charge in [-0.15, -0.1) is 0 Å². The minimum atomic E-state index is -0.309. The molecule has 0 bridgehead atoms. The fourth-order valence-corrected chi connectivity index (χ4v) is 5.69. The van der Waals surface area contributed by atoms with Gasteiger partial charge < -0.3 is 9.64 Å². The van der Waals surface area contributed by atoms with E-state index < -0.39 is 0 Å². The van der Waals surface area contributed by atoms with Crippen LogP contribution in [0, 0.1) is 18.3 Å². The number of anilines is 1. The largest absolute Gasteiger partial charge is 0.372 e. The van der Waals surface area contributed by atoms with Gasteiger partial charge in [0.1, 0.15) is 21.8 Å². The predicted molar refractivity (Wildman–Crippen MR) is 128 cm³/mol. The molecule has 0 aliphatic carbocycles. The van der Waals surface area contributed by atoms with Crippen molar-refractivity contribution >= 4 is 46.1 Å². The lowest BCUT2D eigenvalue weighted by Crippen LogP contribution is -2.48. The first-order valence-corrected chi connectivity index (χ1v) is 11.7. The Morgan fingerprint density at radius 2 is 1.90 bits per heavy atom. The van der Waals surface area contributed by atoms with Gasteiger partial charge in [-0.25, -0.2) is 0 Å². The number of hydrogen-bond donors (Lipinski definition) is 0. The van der Waals surface area contributed by atoms with E-state index in [0.717, 1.165) is 5.82 Å². The molecule has 9 heteroatoms. The van der Waals surface area contributed by atoms with Crippen LogP contribution in [-0.4, -0.2) is 51.0 Å². The Kier molecular flexibility index (Phi) is 6.94. The van der Waals surface area contributed by atoms with E-state index >= 15 is 0 Å². The average molecular weight is 461 g/mol. The molecule has 3 rings (SSSR count). The molecular weight excluding hydrogens is 432 g/mol. The summed E-state index contributed by atoms with van der Waals surface area (Å²) in [5, 5.41) is 9.68. The summed E-state index contributed by atoms with van der Waals surface area (Å²) >= 11 is 6.68. The van der Waals surface area contributed by atoms with E-state index in [4.69, 9.17) is 17.0 Å². The quantitative estimate of drug-likeness (QED) is 0.504. The Labute approximate surface area is 192 Å². The molecule has 0 radical (unpaired) electrons. The van der Waals surface area contributed by atoms with Crippen LogP contribution in [0.2, 0.25) is 0 Å². The lowest BCUT2D eigenvalue weighted by molar-refractivity contribution is -0.123. The number of amides is 1. The second kappa shape index (κ2) is 9.15. The smallest absolute Gasteiger partial charge is 0.270 e. The van der Waals surface area contributed by atoms with E-state index in [0.29, 0.717) is 40.0 Å². The first kappa shape index (κ1) is 23.5. The molecule has 2 aliphatic heterocycles. The maximum Gasteiger partial charge on any atom is 0.270 e. The van der Waals surface area contributed by atoms with Crippen molar-refractivity contribution in [2.45, 2.75) is 66.3 Å². The van der Waals surface area contributed by atoms with E-state index in [9.17, 15) is 14.9 Å². The SMILES string of the molecule is CCn1c(N2CC(C)OC(C)C2)c(C=C2SC(=S)N(C(C)C)C2=O)c(C)c(C#N)c1=O. The molecule has 2 aliphatic rings. The number of nitrogens with zero attached hydrogens (tertiary/aromatic N) is 4. The minimum absolute atomic E-state index is 0.00731. The molecule has 2 unspecified atom stereocenters. The number of aromatic nitrogens is 1. The highest BCUT2D eigenvalue weighted by Crippen LogP contribution is 2.37. The van der Waals surface area contributed by atoms with Gasteiger partial charge in [0.25, 0.3) is 11.5 Å². The maximum absolute atomic E-state index is 13.1. The zero-order valence-corrected chi connectivity index (χ0v) is 20.4. The molecule has 7 nitrogen and oxygen atoms in total. The molecule has 0 aromatic carbocycles. The third-order valence-corrected chi connectivity index (χ3v) is 6.83. The molecule has 0 N–H and O–H groups in total. The third-order valence-electron chi connectivity index (χ3n) is 5.50. The highest BCUT2D eigenvalue weighted by atomic mass is 32.2. The first-order chi connectivity index (χ1) is 14.6. The summed E-state index contributed by atoms with van der Waals surface area (Å²) in [6.07, 6.45) is 1.78. The van der Waals surface area contributed by atoms with Crippen LogP contribution in [0.3, 0.4) is 0 Å². The van der Waals surface area contributed by atoms with Crippen molar-refractivity contribution < 1.29 is 9.53 Å². The lowest BCUT2D eigenvalue weighted by Gasteiger charge is -2.39. The van der Waals surface area contributed by atoms with Crippen molar-refractivity contribution in [1.82, 2.24) is 9.47 Å². The van der Waals surface area contributed by atoms with Crippen LogP contribution in [0.4, 0.5) is 5.82 Å². The summed E-state index contributed by atoms with van der Waals surface area (Å²) in [4.78, 5) is 30.3. The van der Waals surface area contributed by atoms with Crippen molar-refractivity contribution in [2.24, 2.45) is 0 Å². The van der Waals surface area contributed by atoms with Gasteiger partial charge in [0, 0.05) is 31.2 Å². The number of carbonyl (C=O) groups is 1. The van der Waals surface area contributed by atoms with Crippen LogP contribution in [0.15, 0.2) is 9.70 Å². The number of ether oxygens (including phenoxy) is 1. The molecule has 166 valence electrons. The van der Waals surface area contributed by atoms with Gasteiger partial charge in [-0.2, -0.15) is 5.26 Å². The van der Waals surface area contributed by atoms with Gasteiger partial charge in [-0.05, 0) is 53.2 Å². The third kappa shape index (κ3) is 4.29. The summed E-state index contributed by atoms with van der Waals surface area (Å²) in [7, 11) is 0. The number of morpholine rings is 1. The van der Waals surface area contributed by atoms with Crippen molar-refractivity contribution in [2.75, 3.05) is 18.0 Å². The number of nitriles is 1. The normalized spacial score (nSPS) is 23.2. The molecule has 2 saturated heterocycles. The van der Waals surface area contributed by atoms with Crippen molar-refractivity contribution in [3.8, 4) is 6.07 Å². The Bertz CT molecular complexity index is 1040. The van der Waals surface area contributed by atoms with E-state index in [2.05, 4.69) is 11.0 Å². The van der Waals surface area contributed by atoms with E-state index in [-0.39, 0.29) is 35.3 Å². The monoisotopic (exact) mass is 460 g/mol. The van der Waals surface area contributed by atoms with Crippen molar-refractivity contribution in [1.29, 1.82) is 5.26 Å². The maximum atomic E-state index is 13.1. The second-order valence-electron chi connectivity index (χ2n) is 8.21. The number of thiocarbonyl (C=S) groups is 1. The number of rotatable bonds is 4. The molecule has 1 aromatic rings. The van der Waals surface area contributed by atoms with Crippen LogP contribution in [0.1, 0.15) is 51.3 Å². The second-order valence-corrected chi connectivity index (χ2v) is 9.88. The summed E-state index contributed by atoms with van der Waals surface area (Å²) in [6, 6.07) is 2.02. The lowest BCUT2D eigenvalue weighted by atomic mass is 10.0. The minimum Gasteiger partial charge on any atom is -0.372 e. The number of pyridine rings is 1. The molecule has 1 aromatic heterocycles. The van der Waals surface area contributed by atoms with Gasteiger partial charge in [0.15, 0.2) is 0 Å². The van der Waals surface area contributed by atoms with Gasteiger partial charge in [0.05, 0.1) is 17.1 Å². The van der Waals surface area contributed by atoms with E-state index in [1.54, 1.807) is 22.5 Å². The zero-order chi connectivity index (χ0) is 23.0. The number of hydrogen-bond acceptors (Lipinski definition) is 7. The Balaban J connectivity index is 2.26. The molecule has 31 heavy (non-hydrogen) atoms. The summed E-state index contributed by atoms with van der Waals surface area (Å²) < 4.78 is 8.03. The summed E-state index contributed by atoms with van der Waals surface area (Å²) in [6.45, 7) is 13.1. The van der Waals surface area contributed by atoms with E-state index in [1.165, 1.54) is 11.8 Å². The average Bonchev–Trinajstić information content (AvgIpc) is 2.96. The summed E-state index contributed by atoms with van der Waals surface area (Å²) in [5.74, 6) is 0.577. The highest BCUT2D eigenvalue weighted by Gasteiger charge is 2.35. The Morgan fingerprint density at radius 1 is 1.29 bits per heavy atom. The Morgan fingerprint density at radius 3 is 2.39 bits per heavy atom. The van der Waals surface area contributed by atoms with Gasteiger partial charge in [0.2, 0.25) is 0 Å². The van der Waals surface area contributed by atoms with Crippen LogP contribution in [0.5, 0.6) is 0 Å². The molecule has 0 spiro atoms. The van der Waals surface area contributed by atoms with Crippen molar-refractivity contribution in [3.05, 3.63) is 31.9 Å². The highest BCUT2D eigenvalue weighted by molar-refractivity contribution is 8.26. The fourth-order valence-electron chi connectivity index (χ4n) is 4.19. The first-order valence-electron chi connectivity index (χ1n) is 10.5. The van der Waals surface area contributed by atoms with Crippen LogP contribution >= 0.6 is 24.0 Å². The fraction of sp³-hybridized carbons (Fsp3) is 0.545. The van der Waals surface area contributed by atoms with Gasteiger partial charge >= 0.3 is 0 Å². The number of thioether (sulfide) groups is 1. The number of carbonyl (C=O) groups excluding carboxylic acids is 1. The molecule has 1 amide bonds. The van der Waals surface area contributed by atoms with Crippen LogP contribution in [0.25, 0.3) is 6.08 Å². The van der Waals surface area contributed by atoms with Crippen LogP contribution in [-0.2, 0) is 16.1 Å². The van der Waals surface area contributed by atoms with E-state index in [1.807, 2.05) is 34.6 Å². The molecule has 0 saturated carbocycles. The molecule has 2 fully saturated rings. The zero-order valence-electron chi connectivity index (χ0n) is 18.8. The molecule has 2 atom stereocenters. The molecular formula is C22H28N4O3S2. The summed E-state index contributed by atoms with van der Waals surface area (Å²) in [5.41, 5.74) is 1.08. The predicted octanol–water partition coefficient (Wildman–Crippen LogP) is 3.27. The van der Waals surface area contributed by atoms with Crippen LogP contribution < -0.4 is 10.5 Å². The molecule has 3 heterocycles. The topological polar surface area (TPSA) is 78.6 Å².